The van der Waals surface area contributed by atoms with Gasteiger partial charge in [-0.1, -0.05) is 48.0 Å². The van der Waals surface area contributed by atoms with Gasteiger partial charge in [0.25, 0.3) is 0 Å². The molecule has 0 unspecified atom stereocenters. The van der Waals surface area contributed by atoms with E-state index in [1.165, 1.54) is 12.5 Å². The van der Waals surface area contributed by atoms with Crippen LogP contribution in [0.25, 0.3) is 0 Å². The highest BCUT2D eigenvalue weighted by Crippen LogP contribution is 2.20. The Morgan fingerprint density at radius 1 is 0.833 bits per heavy atom. The lowest BCUT2D eigenvalue weighted by molar-refractivity contribution is -0.131. The Morgan fingerprint density at radius 2 is 1.47 bits per heavy atom. The standard InChI is InChI=1S/C24H21ClO5/c1-17(26)30-23-5-3-2-4-22(23)24(27)29-15-14-28-21-12-8-19(9-13-21)16-18-6-10-20(25)11-7-18/h2-13H,14-16H2,1H3. The second kappa shape index (κ2) is 10.5. The Kier molecular flexibility index (Phi) is 7.46. The van der Waals surface area contributed by atoms with E-state index < -0.39 is 11.9 Å². The van der Waals surface area contributed by atoms with Crippen LogP contribution in [-0.2, 0) is 16.0 Å². The lowest BCUT2D eigenvalue weighted by atomic mass is 10.1. The number of ether oxygens (including phenoxy) is 3. The van der Waals surface area contributed by atoms with E-state index in [0.29, 0.717) is 5.75 Å². The van der Waals surface area contributed by atoms with Crippen molar-refractivity contribution in [3.8, 4) is 11.5 Å². The first-order valence-corrected chi connectivity index (χ1v) is 9.80. The number of halogens is 1. The number of hydrogen-bond donors (Lipinski definition) is 0. The monoisotopic (exact) mass is 424 g/mol. The molecule has 0 bridgehead atoms. The summed E-state index contributed by atoms with van der Waals surface area (Å²) in [6.45, 7) is 1.55. The average molecular weight is 425 g/mol. The molecule has 0 aliphatic carbocycles. The van der Waals surface area contributed by atoms with Crippen molar-refractivity contribution < 1.29 is 23.8 Å². The number of esters is 2. The average Bonchev–Trinajstić information content (AvgIpc) is 2.74. The first-order valence-electron chi connectivity index (χ1n) is 9.42. The molecule has 0 radical (unpaired) electrons. The van der Waals surface area contributed by atoms with E-state index in [-0.39, 0.29) is 24.5 Å². The van der Waals surface area contributed by atoms with Crippen LogP contribution in [0.3, 0.4) is 0 Å². The van der Waals surface area contributed by atoms with Gasteiger partial charge < -0.3 is 14.2 Å². The normalized spacial score (nSPS) is 10.3. The number of carbonyl (C=O) groups excluding carboxylic acids is 2. The maximum absolute atomic E-state index is 12.2. The highest BCUT2D eigenvalue weighted by Gasteiger charge is 2.14. The van der Waals surface area contributed by atoms with E-state index in [1.807, 2.05) is 48.5 Å². The van der Waals surface area contributed by atoms with Gasteiger partial charge >= 0.3 is 11.9 Å². The highest BCUT2D eigenvalue weighted by atomic mass is 35.5. The molecule has 154 valence electrons. The van der Waals surface area contributed by atoms with Gasteiger partial charge in [-0.05, 0) is 53.9 Å². The van der Waals surface area contributed by atoms with Gasteiger partial charge in [0.2, 0.25) is 0 Å². The van der Waals surface area contributed by atoms with E-state index in [2.05, 4.69) is 0 Å². The summed E-state index contributed by atoms with van der Waals surface area (Å²) >= 11 is 5.91. The van der Waals surface area contributed by atoms with Crippen LogP contribution in [0, 0.1) is 0 Å². The molecule has 0 aromatic heterocycles. The first kappa shape index (κ1) is 21.4. The van der Waals surface area contributed by atoms with Gasteiger partial charge in [0, 0.05) is 11.9 Å². The number of benzene rings is 3. The maximum atomic E-state index is 12.2. The first-order chi connectivity index (χ1) is 14.5. The fraction of sp³-hybridized carbons (Fsp3) is 0.167. The summed E-state index contributed by atoms with van der Waals surface area (Å²) in [5.41, 5.74) is 2.52. The molecule has 0 saturated heterocycles. The number of para-hydroxylation sites is 1. The van der Waals surface area contributed by atoms with E-state index in [0.717, 1.165) is 17.0 Å². The van der Waals surface area contributed by atoms with Crippen LogP contribution >= 0.6 is 11.6 Å². The third-order valence-corrected chi connectivity index (χ3v) is 4.44. The topological polar surface area (TPSA) is 61.8 Å². The largest absolute Gasteiger partial charge is 0.490 e. The molecule has 0 atom stereocenters. The van der Waals surface area contributed by atoms with Crippen LogP contribution in [0.15, 0.2) is 72.8 Å². The molecule has 3 aromatic carbocycles. The predicted molar refractivity (Wildman–Crippen MR) is 114 cm³/mol. The van der Waals surface area contributed by atoms with Gasteiger partial charge in [-0.2, -0.15) is 0 Å². The van der Waals surface area contributed by atoms with Crippen LogP contribution in [0.4, 0.5) is 0 Å². The fourth-order valence-electron chi connectivity index (χ4n) is 2.79. The van der Waals surface area contributed by atoms with Gasteiger partial charge in [0.15, 0.2) is 0 Å². The van der Waals surface area contributed by atoms with Gasteiger partial charge in [0.05, 0.1) is 0 Å². The Morgan fingerprint density at radius 3 is 2.13 bits per heavy atom. The van der Waals surface area contributed by atoms with E-state index in [4.69, 9.17) is 25.8 Å². The molecule has 0 aliphatic rings. The predicted octanol–water partition coefficient (Wildman–Crippen LogP) is 5.09. The number of rotatable bonds is 8. The van der Waals surface area contributed by atoms with Crippen LogP contribution < -0.4 is 9.47 Å². The summed E-state index contributed by atoms with van der Waals surface area (Å²) in [5.74, 6) is -0.217. The molecular weight excluding hydrogens is 404 g/mol. The van der Waals surface area contributed by atoms with Crippen molar-refractivity contribution in [3.63, 3.8) is 0 Å². The van der Waals surface area contributed by atoms with Crippen molar-refractivity contribution >= 4 is 23.5 Å². The van der Waals surface area contributed by atoms with Crippen LogP contribution in [0.1, 0.15) is 28.4 Å². The summed E-state index contributed by atoms with van der Waals surface area (Å²) < 4.78 is 15.9. The fourth-order valence-corrected chi connectivity index (χ4v) is 2.92. The zero-order valence-corrected chi connectivity index (χ0v) is 17.2. The molecule has 0 N–H and O–H groups in total. The minimum absolute atomic E-state index is 0.0692. The number of hydrogen-bond acceptors (Lipinski definition) is 5. The number of carbonyl (C=O) groups is 2. The van der Waals surface area contributed by atoms with Crippen LogP contribution in [-0.4, -0.2) is 25.2 Å². The van der Waals surface area contributed by atoms with E-state index >= 15 is 0 Å². The summed E-state index contributed by atoms with van der Waals surface area (Å²) in [7, 11) is 0. The Balaban J connectivity index is 1.46. The van der Waals surface area contributed by atoms with Crippen molar-refractivity contribution in [2.24, 2.45) is 0 Å². The molecule has 0 fully saturated rings. The smallest absolute Gasteiger partial charge is 0.342 e. The second-order valence-electron chi connectivity index (χ2n) is 6.52. The van der Waals surface area contributed by atoms with Crippen molar-refractivity contribution in [2.45, 2.75) is 13.3 Å². The van der Waals surface area contributed by atoms with Crippen molar-refractivity contribution in [1.82, 2.24) is 0 Å². The SMILES string of the molecule is CC(=O)Oc1ccccc1C(=O)OCCOc1ccc(Cc2ccc(Cl)cc2)cc1. The molecule has 3 rings (SSSR count). The molecule has 6 heteroatoms. The molecule has 0 aliphatic heterocycles. The minimum Gasteiger partial charge on any atom is -0.490 e. The molecule has 3 aromatic rings. The van der Waals surface area contributed by atoms with Crippen LogP contribution in [0.2, 0.25) is 5.02 Å². The van der Waals surface area contributed by atoms with Gasteiger partial charge in [-0.15, -0.1) is 0 Å². The quantitative estimate of drug-likeness (QED) is 0.286. The van der Waals surface area contributed by atoms with E-state index in [9.17, 15) is 9.59 Å². The maximum Gasteiger partial charge on any atom is 0.342 e. The molecule has 0 spiro atoms. The van der Waals surface area contributed by atoms with Crippen LogP contribution in [0.5, 0.6) is 11.5 Å². The summed E-state index contributed by atoms with van der Waals surface area (Å²) in [5, 5.41) is 0.720. The van der Waals surface area contributed by atoms with Gasteiger partial charge in [-0.3, -0.25) is 4.79 Å². The van der Waals surface area contributed by atoms with Crippen molar-refractivity contribution in [1.29, 1.82) is 0 Å². The molecule has 0 saturated carbocycles. The molecule has 0 heterocycles. The third kappa shape index (κ3) is 6.36. The Hall–Kier alpha value is -3.31. The van der Waals surface area contributed by atoms with E-state index in [1.54, 1.807) is 24.3 Å². The zero-order valence-electron chi connectivity index (χ0n) is 16.5. The minimum atomic E-state index is -0.575. The summed E-state index contributed by atoms with van der Waals surface area (Å²) in [6.07, 6.45) is 0.802. The molecule has 0 amide bonds. The molecule has 5 nitrogen and oxygen atoms in total. The van der Waals surface area contributed by atoms with Crippen molar-refractivity contribution in [3.05, 3.63) is 94.5 Å². The lowest BCUT2D eigenvalue weighted by Gasteiger charge is -2.10. The Labute approximate surface area is 180 Å². The molecular formula is C24H21ClO5. The van der Waals surface area contributed by atoms with Crippen molar-refractivity contribution in [2.75, 3.05) is 13.2 Å². The summed E-state index contributed by atoms with van der Waals surface area (Å²) in [6, 6.07) is 21.9. The second-order valence-corrected chi connectivity index (χ2v) is 6.96. The van der Waals surface area contributed by atoms with Gasteiger partial charge in [-0.25, -0.2) is 4.79 Å². The lowest BCUT2D eigenvalue weighted by Crippen LogP contribution is -2.14. The zero-order chi connectivity index (χ0) is 21.3. The van der Waals surface area contributed by atoms with Gasteiger partial charge in [0.1, 0.15) is 30.3 Å². The third-order valence-electron chi connectivity index (χ3n) is 4.19. The Bertz CT molecular complexity index is 997. The highest BCUT2D eigenvalue weighted by molar-refractivity contribution is 6.30. The molecule has 30 heavy (non-hydrogen) atoms. The summed E-state index contributed by atoms with van der Waals surface area (Å²) in [4.78, 5) is 23.4.